The summed E-state index contributed by atoms with van der Waals surface area (Å²) in [6.07, 6.45) is 1.06. The Kier molecular flexibility index (Phi) is 4.06. The number of carboxylic acids is 1. The minimum absolute atomic E-state index is 0.209. The predicted molar refractivity (Wildman–Crippen MR) is 72.8 cm³/mol. The Balaban J connectivity index is 2.15. The molecule has 0 aromatic heterocycles. The Morgan fingerprint density at radius 3 is 2.60 bits per heavy atom. The van der Waals surface area contributed by atoms with Crippen LogP contribution in [0.25, 0.3) is 0 Å². The Labute approximate surface area is 117 Å². The van der Waals surface area contributed by atoms with E-state index in [-0.39, 0.29) is 11.8 Å². The van der Waals surface area contributed by atoms with Crippen LogP contribution in [0.3, 0.4) is 0 Å². The number of aliphatic carboxylic acids is 1. The van der Waals surface area contributed by atoms with Crippen molar-refractivity contribution in [3.8, 4) is 0 Å². The zero-order valence-corrected chi connectivity index (χ0v) is 11.5. The molecule has 1 unspecified atom stereocenters. The van der Waals surface area contributed by atoms with E-state index in [1.807, 2.05) is 6.92 Å². The van der Waals surface area contributed by atoms with Crippen molar-refractivity contribution in [3.05, 3.63) is 29.6 Å². The molecule has 1 saturated carbocycles. The lowest BCUT2D eigenvalue weighted by atomic mass is 9.95. The third-order valence-corrected chi connectivity index (χ3v) is 3.98. The summed E-state index contributed by atoms with van der Waals surface area (Å²) in [5.41, 5.74) is 0.762. The van der Waals surface area contributed by atoms with E-state index in [1.54, 1.807) is 13.0 Å². The molecule has 0 saturated heterocycles. The monoisotopic (exact) mass is 279 g/mol. The molecular formula is C15H18FNO3. The number of hydrogen-bond acceptors (Lipinski definition) is 2. The van der Waals surface area contributed by atoms with Gasteiger partial charge in [-0.05, 0) is 37.8 Å². The summed E-state index contributed by atoms with van der Waals surface area (Å²) >= 11 is 0. The molecule has 20 heavy (non-hydrogen) atoms. The highest BCUT2D eigenvalue weighted by Crippen LogP contribution is 2.37. The summed E-state index contributed by atoms with van der Waals surface area (Å²) in [4.78, 5) is 23.4. The van der Waals surface area contributed by atoms with Crippen LogP contribution in [-0.4, -0.2) is 17.0 Å². The van der Waals surface area contributed by atoms with Gasteiger partial charge in [0.05, 0.1) is 11.8 Å². The number of amides is 1. The van der Waals surface area contributed by atoms with Gasteiger partial charge in [-0.15, -0.1) is 0 Å². The molecule has 1 amide bonds. The first kappa shape index (κ1) is 14.5. The van der Waals surface area contributed by atoms with Gasteiger partial charge in [-0.25, -0.2) is 4.39 Å². The third-order valence-electron chi connectivity index (χ3n) is 3.98. The van der Waals surface area contributed by atoms with Crippen LogP contribution in [0.4, 0.5) is 10.1 Å². The zero-order chi connectivity index (χ0) is 14.9. The van der Waals surface area contributed by atoms with E-state index in [0.29, 0.717) is 24.1 Å². The van der Waals surface area contributed by atoms with E-state index in [2.05, 4.69) is 5.32 Å². The average Bonchev–Trinajstić information content (AvgIpc) is 2.77. The number of carboxylic acid groups (broad SMARTS) is 1. The SMILES string of the molecule is Cc1c(F)cccc1NC(=O)[C@H]1CC(C)C[C@H]1C(=O)O. The van der Waals surface area contributed by atoms with E-state index in [9.17, 15) is 19.1 Å². The maximum Gasteiger partial charge on any atom is 0.307 e. The number of carbonyl (C=O) groups excluding carboxylic acids is 1. The Bertz CT molecular complexity index is 544. The first-order valence-corrected chi connectivity index (χ1v) is 6.69. The minimum Gasteiger partial charge on any atom is -0.481 e. The zero-order valence-electron chi connectivity index (χ0n) is 11.5. The molecule has 108 valence electrons. The first-order valence-electron chi connectivity index (χ1n) is 6.69. The van der Waals surface area contributed by atoms with E-state index >= 15 is 0 Å². The first-order chi connectivity index (χ1) is 9.40. The lowest BCUT2D eigenvalue weighted by molar-refractivity contribution is -0.145. The summed E-state index contributed by atoms with van der Waals surface area (Å²) in [6.45, 7) is 3.52. The molecule has 3 atom stereocenters. The molecule has 1 aliphatic rings. The van der Waals surface area contributed by atoms with Crippen molar-refractivity contribution in [1.29, 1.82) is 0 Å². The van der Waals surface area contributed by atoms with Crippen molar-refractivity contribution in [2.45, 2.75) is 26.7 Å². The van der Waals surface area contributed by atoms with E-state index in [4.69, 9.17) is 0 Å². The molecular weight excluding hydrogens is 261 g/mol. The molecule has 2 N–H and O–H groups in total. The highest BCUT2D eigenvalue weighted by molar-refractivity contribution is 5.96. The summed E-state index contributed by atoms with van der Waals surface area (Å²) in [6, 6.07) is 4.46. The topological polar surface area (TPSA) is 66.4 Å². The van der Waals surface area contributed by atoms with Crippen LogP contribution in [0, 0.1) is 30.5 Å². The second-order valence-electron chi connectivity index (χ2n) is 5.53. The number of halogens is 1. The van der Waals surface area contributed by atoms with Crippen LogP contribution in [0.2, 0.25) is 0 Å². The summed E-state index contributed by atoms with van der Waals surface area (Å²) < 4.78 is 13.4. The van der Waals surface area contributed by atoms with Crippen molar-refractivity contribution in [3.63, 3.8) is 0 Å². The lowest BCUT2D eigenvalue weighted by Gasteiger charge is -2.16. The van der Waals surface area contributed by atoms with Crippen LogP contribution >= 0.6 is 0 Å². The molecule has 1 aromatic rings. The molecule has 0 aliphatic heterocycles. The number of benzene rings is 1. The second kappa shape index (κ2) is 5.61. The van der Waals surface area contributed by atoms with Gasteiger partial charge in [0.2, 0.25) is 5.91 Å². The average molecular weight is 279 g/mol. The highest BCUT2D eigenvalue weighted by atomic mass is 19.1. The Hall–Kier alpha value is -1.91. The van der Waals surface area contributed by atoms with Gasteiger partial charge in [0.1, 0.15) is 5.82 Å². The highest BCUT2D eigenvalue weighted by Gasteiger charge is 2.41. The predicted octanol–water partition coefficient (Wildman–Crippen LogP) is 2.82. The van der Waals surface area contributed by atoms with Gasteiger partial charge in [0.25, 0.3) is 0 Å². The van der Waals surface area contributed by atoms with Gasteiger partial charge in [-0.1, -0.05) is 13.0 Å². The molecule has 0 heterocycles. The quantitative estimate of drug-likeness (QED) is 0.894. The number of anilines is 1. The van der Waals surface area contributed by atoms with Gasteiger partial charge in [-0.3, -0.25) is 9.59 Å². The van der Waals surface area contributed by atoms with Crippen LogP contribution in [-0.2, 0) is 9.59 Å². The molecule has 1 aromatic carbocycles. The third kappa shape index (κ3) is 2.81. The lowest BCUT2D eigenvalue weighted by Crippen LogP contribution is -2.30. The standard InChI is InChI=1S/C15H18FNO3/c1-8-6-10(11(7-8)15(19)20)14(18)17-13-5-3-4-12(16)9(13)2/h3-5,8,10-11H,6-7H2,1-2H3,(H,17,18)(H,19,20)/t8?,10-,11+/m0/s1. The van der Waals surface area contributed by atoms with Crippen molar-refractivity contribution in [2.24, 2.45) is 17.8 Å². The molecule has 2 rings (SSSR count). The fourth-order valence-electron chi connectivity index (χ4n) is 2.82. The number of carbonyl (C=O) groups is 2. The minimum atomic E-state index is -0.939. The maximum absolute atomic E-state index is 13.4. The molecule has 4 nitrogen and oxygen atoms in total. The smallest absolute Gasteiger partial charge is 0.307 e. The fourth-order valence-corrected chi connectivity index (χ4v) is 2.82. The van der Waals surface area contributed by atoms with E-state index in [0.717, 1.165) is 0 Å². The van der Waals surface area contributed by atoms with Crippen LogP contribution < -0.4 is 5.32 Å². The van der Waals surface area contributed by atoms with Gasteiger partial charge < -0.3 is 10.4 Å². The van der Waals surface area contributed by atoms with Gasteiger partial charge in [0.15, 0.2) is 0 Å². The summed E-state index contributed by atoms with van der Waals surface area (Å²) in [5.74, 6) is -2.66. The molecule has 0 spiro atoms. The molecule has 0 bridgehead atoms. The Morgan fingerprint density at radius 1 is 1.30 bits per heavy atom. The maximum atomic E-state index is 13.4. The molecule has 1 fully saturated rings. The van der Waals surface area contributed by atoms with Crippen LogP contribution in [0.15, 0.2) is 18.2 Å². The van der Waals surface area contributed by atoms with E-state index < -0.39 is 23.6 Å². The van der Waals surface area contributed by atoms with Gasteiger partial charge in [0, 0.05) is 11.3 Å². The molecule has 0 radical (unpaired) electrons. The van der Waals surface area contributed by atoms with Crippen molar-refractivity contribution in [2.75, 3.05) is 5.32 Å². The Morgan fingerprint density at radius 2 is 1.95 bits per heavy atom. The molecule has 1 aliphatic carbocycles. The van der Waals surface area contributed by atoms with Crippen LogP contribution in [0.5, 0.6) is 0 Å². The molecule has 5 heteroatoms. The fraction of sp³-hybridized carbons (Fsp3) is 0.467. The van der Waals surface area contributed by atoms with Crippen molar-refractivity contribution < 1.29 is 19.1 Å². The van der Waals surface area contributed by atoms with Crippen molar-refractivity contribution in [1.82, 2.24) is 0 Å². The number of nitrogens with one attached hydrogen (secondary N) is 1. The normalized spacial score (nSPS) is 25.4. The number of rotatable bonds is 3. The van der Waals surface area contributed by atoms with E-state index in [1.165, 1.54) is 12.1 Å². The summed E-state index contributed by atoms with van der Waals surface area (Å²) in [5, 5.41) is 11.8. The second-order valence-corrected chi connectivity index (χ2v) is 5.53. The van der Waals surface area contributed by atoms with Crippen LogP contribution in [0.1, 0.15) is 25.3 Å². The number of hydrogen-bond donors (Lipinski definition) is 2. The largest absolute Gasteiger partial charge is 0.481 e. The van der Waals surface area contributed by atoms with Gasteiger partial charge >= 0.3 is 5.97 Å². The van der Waals surface area contributed by atoms with Gasteiger partial charge in [-0.2, -0.15) is 0 Å². The van der Waals surface area contributed by atoms with Crippen molar-refractivity contribution >= 4 is 17.6 Å². The summed E-state index contributed by atoms with van der Waals surface area (Å²) in [7, 11) is 0.